The van der Waals surface area contributed by atoms with Crippen LogP contribution in [0.15, 0.2) is 42.5 Å². The van der Waals surface area contributed by atoms with E-state index in [0.717, 1.165) is 0 Å². The van der Waals surface area contributed by atoms with Crippen LogP contribution in [0.5, 0.6) is 0 Å². The minimum atomic E-state index is 0. The quantitative estimate of drug-likeness (QED) is 0.441. The normalized spacial score (nSPS) is 10.3. The van der Waals surface area contributed by atoms with Gasteiger partial charge in [0, 0.05) is 0 Å². The van der Waals surface area contributed by atoms with Crippen molar-refractivity contribution in [2.75, 3.05) is 0 Å². The highest BCUT2D eigenvalue weighted by atomic mass is 14.1. The fourth-order valence-electron chi connectivity index (χ4n) is 2.53. The van der Waals surface area contributed by atoms with E-state index in [0.29, 0.717) is 0 Å². The first-order chi connectivity index (χ1) is 9.81. The summed E-state index contributed by atoms with van der Waals surface area (Å²) in [5.74, 6) is 0. The van der Waals surface area contributed by atoms with Crippen LogP contribution >= 0.6 is 0 Å². The Balaban J connectivity index is 0.000000741. The molecule has 0 radical (unpaired) electrons. The molecule has 3 rings (SSSR count). The van der Waals surface area contributed by atoms with Crippen molar-refractivity contribution < 1.29 is 0 Å². The summed E-state index contributed by atoms with van der Waals surface area (Å²) in [5.41, 5.74) is 1.36. The molecule has 0 saturated heterocycles. The Hall–Kier alpha value is -1.82. The van der Waals surface area contributed by atoms with E-state index in [1.54, 1.807) is 0 Å². The Bertz CT molecular complexity index is 705. The van der Waals surface area contributed by atoms with Crippen LogP contribution in [-0.4, -0.2) is 0 Å². The molecule has 0 aliphatic rings. The minimum absolute atomic E-state index is 0. The van der Waals surface area contributed by atoms with Gasteiger partial charge in [0.1, 0.15) is 0 Å². The van der Waals surface area contributed by atoms with Gasteiger partial charge in [-0.2, -0.15) is 0 Å². The Kier molecular flexibility index (Phi) is 8.38. The molecule has 0 aliphatic heterocycles. The molecule has 0 unspecified atom stereocenters. The average molecular weight is 282 g/mol. The molecule has 0 N–H and O–H groups in total. The van der Waals surface area contributed by atoms with Crippen molar-refractivity contribution in [3.8, 4) is 0 Å². The zero-order chi connectivity index (χ0) is 15.1. The largest absolute Gasteiger partial charge is 0.0798 e. The van der Waals surface area contributed by atoms with E-state index < -0.39 is 0 Å². The molecule has 0 amide bonds. The van der Waals surface area contributed by atoms with Gasteiger partial charge in [0.15, 0.2) is 0 Å². The van der Waals surface area contributed by atoms with Gasteiger partial charge in [-0.1, -0.05) is 83.7 Å². The monoisotopic (exact) mass is 282 g/mol. The molecule has 0 aromatic heterocycles. The van der Waals surface area contributed by atoms with Crippen molar-refractivity contribution in [3.63, 3.8) is 0 Å². The first kappa shape index (κ1) is 19.2. The zero-order valence-electron chi connectivity index (χ0n) is 13.6. The first-order valence-electron chi connectivity index (χ1n) is 7.68. The standard InChI is InChI=1S/C16H14.2C2H6.CH4/c1-3-12-9-10-14-6-4-5-13-8-7-11(2)15(12)16(13)14;2*1-2;/h3-10H,1-2H3;2*1-2H3;1H4/b12-3-;;;. The van der Waals surface area contributed by atoms with Gasteiger partial charge in [-0.3, -0.25) is 0 Å². The maximum atomic E-state index is 2.21. The molecular formula is C21H30. The number of aryl methyl sites for hydroxylation is 1. The van der Waals surface area contributed by atoms with E-state index in [9.17, 15) is 0 Å². The number of rotatable bonds is 0. The molecule has 21 heavy (non-hydrogen) atoms. The van der Waals surface area contributed by atoms with E-state index in [1.165, 1.54) is 32.3 Å². The second kappa shape index (κ2) is 9.18. The van der Waals surface area contributed by atoms with Crippen LogP contribution < -0.4 is 5.22 Å². The van der Waals surface area contributed by atoms with Crippen molar-refractivity contribution in [3.05, 3.63) is 53.2 Å². The van der Waals surface area contributed by atoms with Gasteiger partial charge < -0.3 is 0 Å². The van der Waals surface area contributed by atoms with Gasteiger partial charge in [0.05, 0.1) is 0 Å². The summed E-state index contributed by atoms with van der Waals surface area (Å²) in [6.45, 7) is 12.3. The van der Waals surface area contributed by atoms with Gasteiger partial charge in [0.25, 0.3) is 0 Å². The number of hydrogen-bond acceptors (Lipinski definition) is 0. The predicted molar refractivity (Wildman–Crippen MR) is 101 cm³/mol. The fraction of sp³-hybridized carbons (Fsp3) is 0.333. The van der Waals surface area contributed by atoms with Gasteiger partial charge in [-0.05, 0) is 46.2 Å². The van der Waals surface area contributed by atoms with Crippen molar-refractivity contribution in [1.29, 1.82) is 0 Å². The Morgan fingerprint density at radius 2 is 1.24 bits per heavy atom. The minimum Gasteiger partial charge on any atom is -0.0798 e. The van der Waals surface area contributed by atoms with Crippen LogP contribution in [0.3, 0.4) is 0 Å². The first-order valence-corrected chi connectivity index (χ1v) is 7.68. The molecule has 0 bridgehead atoms. The molecule has 0 atom stereocenters. The lowest BCUT2D eigenvalue weighted by molar-refractivity contribution is 1.50. The van der Waals surface area contributed by atoms with E-state index in [4.69, 9.17) is 0 Å². The highest BCUT2D eigenvalue weighted by Gasteiger charge is 2.04. The lowest BCUT2D eigenvalue weighted by atomic mass is 9.96. The molecule has 3 aromatic rings. The Labute approximate surface area is 130 Å². The van der Waals surface area contributed by atoms with Crippen molar-refractivity contribution in [2.24, 2.45) is 0 Å². The highest BCUT2D eigenvalue weighted by Crippen LogP contribution is 2.26. The summed E-state index contributed by atoms with van der Waals surface area (Å²) in [7, 11) is 0. The van der Waals surface area contributed by atoms with Gasteiger partial charge in [0.2, 0.25) is 0 Å². The second-order valence-corrected chi connectivity index (χ2v) is 4.28. The van der Waals surface area contributed by atoms with Crippen LogP contribution in [0.2, 0.25) is 0 Å². The maximum absolute atomic E-state index is 2.21. The lowest BCUT2D eigenvalue weighted by Gasteiger charge is -2.08. The molecule has 114 valence electrons. The van der Waals surface area contributed by atoms with Crippen LogP contribution in [-0.2, 0) is 0 Å². The smallest absolute Gasteiger partial charge is 0.00303 e. The molecule has 0 heterocycles. The zero-order valence-corrected chi connectivity index (χ0v) is 13.6. The van der Waals surface area contributed by atoms with Crippen LogP contribution in [0.1, 0.15) is 47.6 Å². The molecule has 0 heteroatoms. The summed E-state index contributed by atoms with van der Waals surface area (Å²) >= 11 is 0. The molecular weight excluding hydrogens is 252 g/mol. The SMILES string of the molecule is C.C/C=c1/ccc2cccc3ccc(C)c1c32.CC.CC. The average Bonchev–Trinajstić information content (AvgIpc) is 2.54. The summed E-state index contributed by atoms with van der Waals surface area (Å²) < 4.78 is 0. The van der Waals surface area contributed by atoms with Crippen molar-refractivity contribution in [2.45, 2.75) is 49.0 Å². The third-order valence-electron chi connectivity index (χ3n) is 3.33. The molecule has 3 aromatic carbocycles. The summed E-state index contributed by atoms with van der Waals surface area (Å²) in [6, 6.07) is 15.4. The predicted octanol–water partition coefficient (Wildman–Crippen LogP) is 6.51. The second-order valence-electron chi connectivity index (χ2n) is 4.28. The lowest BCUT2D eigenvalue weighted by Crippen LogP contribution is -2.02. The number of benzene rings is 3. The Morgan fingerprint density at radius 3 is 1.76 bits per heavy atom. The van der Waals surface area contributed by atoms with E-state index >= 15 is 0 Å². The highest BCUT2D eigenvalue weighted by molar-refractivity contribution is 6.11. The maximum Gasteiger partial charge on any atom is -0.00303 e. The molecule has 0 nitrogen and oxygen atoms in total. The van der Waals surface area contributed by atoms with E-state index in [2.05, 4.69) is 62.4 Å². The topological polar surface area (TPSA) is 0 Å². The van der Waals surface area contributed by atoms with Crippen LogP contribution in [0.4, 0.5) is 0 Å². The summed E-state index contributed by atoms with van der Waals surface area (Å²) in [6.07, 6.45) is 2.19. The Morgan fingerprint density at radius 1 is 0.714 bits per heavy atom. The van der Waals surface area contributed by atoms with Crippen LogP contribution in [0, 0.1) is 6.92 Å². The number of hydrogen-bond donors (Lipinski definition) is 0. The fourth-order valence-corrected chi connectivity index (χ4v) is 2.53. The molecule has 0 fully saturated rings. The van der Waals surface area contributed by atoms with E-state index in [1.807, 2.05) is 27.7 Å². The molecule has 0 aliphatic carbocycles. The van der Waals surface area contributed by atoms with Crippen molar-refractivity contribution in [1.82, 2.24) is 0 Å². The van der Waals surface area contributed by atoms with Gasteiger partial charge in [-0.15, -0.1) is 0 Å². The summed E-state index contributed by atoms with van der Waals surface area (Å²) in [5, 5.41) is 6.81. The van der Waals surface area contributed by atoms with Gasteiger partial charge in [-0.25, -0.2) is 0 Å². The summed E-state index contributed by atoms with van der Waals surface area (Å²) in [4.78, 5) is 0. The molecule has 0 spiro atoms. The van der Waals surface area contributed by atoms with Crippen molar-refractivity contribution >= 4 is 27.6 Å². The van der Waals surface area contributed by atoms with Gasteiger partial charge >= 0.3 is 0 Å². The molecule has 0 saturated carbocycles. The third-order valence-corrected chi connectivity index (χ3v) is 3.33. The third kappa shape index (κ3) is 3.64. The van der Waals surface area contributed by atoms with E-state index in [-0.39, 0.29) is 7.43 Å². The van der Waals surface area contributed by atoms with Crippen LogP contribution in [0.25, 0.3) is 27.6 Å².